The lowest BCUT2D eigenvalue weighted by atomic mass is 10.2. The van der Waals surface area contributed by atoms with E-state index in [1.54, 1.807) is 6.92 Å². The molecule has 0 saturated carbocycles. The van der Waals surface area contributed by atoms with Crippen molar-refractivity contribution in [2.24, 2.45) is 0 Å². The van der Waals surface area contributed by atoms with E-state index in [2.05, 4.69) is 0 Å². The zero-order valence-electron chi connectivity index (χ0n) is 5.37. The van der Waals surface area contributed by atoms with Crippen molar-refractivity contribution in [1.29, 1.82) is 0 Å². The van der Waals surface area contributed by atoms with Crippen molar-refractivity contribution >= 4 is 17.4 Å². The maximum absolute atomic E-state index is 10.8. The lowest BCUT2D eigenvalue weighted by Gasteiger charge is -2.19. The number of ketones is 1. The van der Waals surface area contributed by atoms with Gasteiger partial charge in [0.15, 0.2) is 6.29 Å². The quantitative estimate of drug-likeness (QED) is 0.562. The summed E-state index contributed by atoms with van der Waals surface area (Å²) in [4.78, 5) is 10.8. The largest absolute Gasteiger partial charge is 0.365 e. The summed E-state index contributed by atoms with van der Waals surface area (Å²) < 4.78 is 4.71. The topological polar surface area (TPSA) is 46.5 Å². The monoisotopic (exact) mass is 162 g/mol. The molecule has 2 atom stereocenters. The molecule has 0 radical (unpaired) electrons. The number of carbonyl (C=O) groups is 1. The summed E-state index contributed by atoms with van der Waals surface area (Å²) in [6.45, 7) is 1.54. The summed E-state index contributed by atoms with van der Waals surface area (Å²) in [6.07, 6.45) is -0.503. The molecular formula is C6H7ClO3. The van der Waals surface area contributed by atoms with Gasteiger partial charge in [0.1, 0.15) is 6.10 Å². The van der Waals surface area contributed by atoms with Crippen LogP contribution in [0.3, 0.4) is 0 Å². The van der Waals surface area contributed by atoms with Crippen LogP contribution in [0.2, 0.25) is 0 Å². The number of aliphatic hydroxyl groups excluding tert-OH is 1. The molecule has 0 aliphatic carbocycles. The number of halogens is 1. The standard InChI is InChI=1S/C6H7ClO3/c1-3-6(9)4(7)2-5(8)10-3/h2-3,5,8H,1H3. The maximum atomic E-state index is 10.8. The van der Waals surface area contributed by atoms with Crippen LogP contribution in [0.25, 0.3) is 0 Å². The van der Waals surface area contributed by atoms with Gasteiger partial charge < -0.3 is 9.84 Å². The number of hydrogen-bond donors (Lipinski definition) is 1. The number of hydrogen-bond acceptors (Lipinski definition) is 3. The molecule has 3 nitrogen and oxygen atoms in total. The van der Waals surface area contributed by atoms with E-state index in [1.807, 2.05) is 0 Å². The summed E-state index contributed by atoms with van der Waals surface area (Å²) in [5.41, 5.74) is 0. The van der Waals surface area contributed by atoms with Crippen LogP contribution in [0.15, 0.2) is 11.1 Å². The highest BCUT2D eigenvalue weighted by Gasteiger charge is 2.24. The Kier molecular flexibility index (Phi) is 2.08. The lowest BCUT2D eigenvalue weighted by Crippen LogP contribution is -2.30. The third kappa shape index (κ3) is 1.37. The maximum Gasteiger partial charge on any atom is 0.202 e. The molecule has 1 rings (SSSR count). The lowest BCUT2D eigenvalue weighted by molar-refractivity contribution is -0.145. The molecule has 0 fully saturated rings. The molecule has 1 N–H and O–H groups in total. The van der Waals surface area contributed by atoms with Gasteiger partial charge >= 0.3 is 0 Å². The number of ether oxygens (including phenoxy) is 1. The molecule has 1 heterocycles. The van der Waals surface area contributed by atoms with Crippen molar-refractivity contribution in [2.45, 2.75) is 19.3 Å². The van der Waals surface area contributed by atoms with E-state index in [0.29, 0.717) is 0 Å². The highest BCUT2D eigenvalue weighted by molar-refractivity contribution is 6.43. The first-order valence-corrected chi connectivity index (χ1v) is 3.24. The minimum atomic E-state index is -1.04. The van der Waals surface area contributed by atoms with E-state index < -0.39 is 12.4 Å². The summed E-state index contributed by atoms with van der Waals surface area (Å²) in [7, 11) is 0. The highest BCUT2D eigenvalue weighted by Crippen LogP contribution is 2.16. The predicted octanol–water partition coefficient (Wildman–Crippen LogP) is 0.415. The van der Waals surface area contributed by atoms with E-state index in [1.165, 1.54) is 6.08 Å². The van der Waals surface area contributed by atoms with Crippen molar-refractivity contribution in [2.75, 3.05) is 0 Å². The minimum absolute atomic E-state index is 0.0475. The fraction of sp³-hybridized carbons (Fsp3) is 0.500. The Morgan fingerprint density at radius 3 is 2.90 bits per heavy atom. The molecule has 0 aromatic rings. The van der Waals surface area contributed by atoms with E-state index in [4.69, 9.17) is 21.4 Å². The van der Waals surface area contributed by atoms with Crippen molar-refractivity contribution in [3.05, 3.63) is 11.1 Å². The van der Waals surface area contributed by atoms with Crippen LogP contribution in [0.5, 0.6) is 0 Å². The van der Waals surface area contributed by atoms with E-state index in [9.17, 15) is 4.79 Å². The normalized spacial score (nSPS) is 33.9. The number of rotatable bonds is 0. The van der Waals surface area contributed by atoms with Gasteiger partial charge in [-0.1, -0.05) is 11.6 Å². The zero-order valence-corrected chi connectivity index (χ0v) is 6.13. The summed E-state index contributed by atoms with van der Waals surface area (Å²) in [6, 6.07) is 0. The van der Waals surface area contributed by atoms with Gasteiger partial charge in [-0.15, -0.1) is 0 Å². The minimum Gasteiger partial charge on any atom is -0.365 e. The first-order valence-electron chi connectivity index (χ1n) is 2.86. The molecule has 10 heavy (non-hydrogen) atoms. The summed E-state index contributed by atoms with van der Waals surface area (Å²) in [5, 5.41) is 8.88. The SMILES string of the molecule is CC1OC(O)C=C(Cl)C1=O. The molecule has 0 amide bonds. The second-order valence-corrected chi connectivity index (χ2v) is 2.45. The Morgan fingerprint density at radius 1 is 1.80 bits per heavy atom. The average molecular weight is 163 g/mol. The number of aliphatic hydroxyl groups is 1. The molecule has 56 valence electrons. The molecule has 0 saturated heterocycles. The molecule has 1 aliphatic heterocycles. The molecule has 2 unspecified atom stereocenters. The number of carbonyl (C=O) groups excluding carboxylic acids is 1. The molecule has 4 heteroatoms. The van der Waals surface area contributed by atoms with Crippen molar-refractivity contribution in [1.82, 2.24) is 0 Å². The molecule has 0 spiro atoms. The third-order valence-corrected chi connectivity index (χ3v) is 1.55. The Morgan fingerprint density at radius 2 is 2.40 bits per heavy atom. The fourth-order valence-corrected chi connectivity index (χ4v) is 0.973. The van der Waals surface area contributed by atoms with Crippen molar-refractivity contribution in [3.8, 4) is 0 Å². The van der Waals surface area contributed by atoms with Crippen LogP contribution in [-0.2, 0) is 9.53 Å². The Balaban J connectivity index is 2.81. The highest BCUT2D eigenvalue weighted by atomic mass is 35.5. The van der Waals surface area contributed by atoms with Gasteiger partial charge in [-0.3, -0.25) is 4.79 Å². The van der Waals surface area contributed by atoms with Gasteiger partial charge in [0.2, 0.25) is 5.78 Å². The zero-order chi connectivity index (χ0) is 7.72. The third-order valence-electron chi connectivity index (χ3n) is 1.24. The molecule has 0 aromatic heterocycles. The average Bonchev–Trinajstić information content (AvgIpc) is 1.82. The van der Waals surface area contributed by atoms with Gasteiger partial charge in [-0.2, -0.15) is 0 Å². The van der Waals surface area contributed by atoms with Gasteiger partial charge in [0, 0.05) is 0 Å². The van der Waals surface area contributed by atoms with Gasteiger partial charge in [0.25, 0.3) is 0 Å². The van der Waals surface area contributed by atoms with Crippen LogP contribution < -0.4 is 0 Å². The van der Waals surface area contributed by atoms with Crippen LogP contribution >= 0.6 is 11.6 Å². The Hall–Kier alpha value is -0.380. The van der Waals surface area contributed by atoms with E-state index in [0.717, 1.165) is 0 Å². The summed E-state index contributed by atoms with van der Waals surface area (Å²) in [5.74, 6) is -0.285. The van der Waals surface area contributed by atoms with Crippen LogP contribution in [0, 0.1) is 0 Å². The van der Waals surface area contributed by atoms with Crippen LogP contribution in [0.1, 0.15) is 6.92 Å². The molecule has 0 bridgehead atoms. The van der Waals surface area contributed by atoms with E-state index >= 15 is 0 Å². The van der Waals surface area contributed by atoms with Gasteiger partial charge in [-0.05, 0) is 13.0 Å². The first kappa shape index (κ1) is 7.72. The van der Waals surface area contributed by atoms with Crippen LogP contribution in [-0.4, -0.2) is 23.3 Å². The number of Topliss-reactive ketones (excluding diaryl/α,β-unsaturated/α-hetero) is 1. The molecule has 1 aliphatic rings. The second-order valence-electron chi connectivity index (χ2n) is 2.05. The van der Waals surface area contributed by atoms with Crippen molar-refractivity contribution in [3.63, 3.8) is 0 Å². The Bertz CT molecular complexity index is 187. The van der Waals surface area contributed by atoms with Crippen molar-refractivity contribution < 1.29 is 14.6 Å². The molecule has 0 aromatic carbocycles. The molecular weight excluding hydrogens is 156 g/mol. The fourth-order valence-electron chi connectivity index (χ4n) is 0.712. The second kappa shape index (κ2) is 2.70. The smallest absolute Gasteiger partial charge is 0.202 e. The van der Waals surface area contributed by atoms with E-state index in [-0.39, 0.29) is 10.8 Å². The summed E-state index contributed by atoms with van der Waals surface area (Å²) >= 11 is 5.43. The Labute approximate surface area is 63.2 Å². The van der Waals surface area contributed by atoms with Crippen LogP contribution in [0.4, 0.5) is 0 Å². The first-order chi connectivity index (χ1) is 4.61. The van der Waals surface area contributed by atoms with Gasteiger partial charge in [0.05, 0.1) is 5.03 Å². The van der Waals surface area contributed by atoms with Gasteiger partial charge in [-0.25, -0.2) is 0 Å². The predicted molar refractivity (Wildman–Crippen MR) is 35.5 cm³/mol.